The van der Waals surface area contributed by atoms with Crippen molar-refractivity contribution in [1.82, 2.24) is 0 Å². The van der Waals surface area contributed by atoms with Crippen molar-refractivity contribution in [2.75, 3.05) is 0 Å². The Kier molecular flexibility index (Phi) is 4.19. The lowest BCUT2D eigenvalue weighted by molar-refractivity contribution is 0.222. The summed E-state index contributed by atoms with van der Waals surface area (Å²) in [6, 6.07) is 9.24. The number of hydrogen-bond donors (Lipinski definition) is 1. The van der Waals surface area contributed by atoms with Gasteiger partial charge < -0.3 is 5.11 Å². The highest BCUT2D eigenvalue weighted by Crippen LogP contribution is 2.16. The Morgan fingerprint density at radius 3 is 2.60 bits per heavy atom. The van der Waals surface area contributed by atoms with Crippen LogP contribution in [0.25, 0.3) is 0 Å². The topological polar surface area (TPSA) is 61.1 Å². The van der Waals surface area contributed by atoms with E-state index in [1.54, 1.807) is 12.1 Å². The predicted octanol–water partition coefficient (Wildman–Crippen LogP) is 2.90. The number of nitrogens with zero attached hydrogens (tertiary/aromatic N) is 1. The molecule has 0 saturated carbocycles. The highest BCUT2D eigenvalue weighted by molar-refractivity contribution is 8.13. The summed E-state index contributed by atoms with van der Waals surface area (Å²) in [5, 5.41) is 16.3. The summed E-state index contributed by atoms with van der Waals surface area (Å²) < 4.78 is 0. The summed E-state index contributed by atoms with van der Waals surface area (Å²) in [7, 11) is 0. The van der Waals surface area contributed by atoms with Gasteiger partial charge in [0.05, 0.1) is 11.6 Å². The van der Waals surface area contributed by atoms with Crippen LogP contribution in [0.5, 0.6) is 0 Å². The molecule has 0 aromatic heterocycles. The maximum atomic E-state index is 10.4. The molecule has 0 bridgehead atoms. The van der Waals surface area contributed by atoms with Gasteiger partial charge in [0.1, 0.15) is 0 Å². The maximum Gasteiger partial charge on any atom is 0.365 e. The normalized spacial score (nSPS) is 11.7. The molecule has 4 heteroatoms. The van der Waals surface area contributed by atoms with E-state index >= 15 is 0 Å². The second kappa shape index (κ2) is 5.42. The molecule has 0 unspecified atom stereocenters. The quantitative estimate of drug-likeness (QED) is 0.852. The molecule has 0 radical (unpaired) electrons. The van der Waals surface area contributed by atoms with Crippen molar-refractivity contribution in [2.45, 2.75) is 18.6 Å². The summed E-state index contributed by atoms with van der Waals surface area (Å²) in [4.78, 5) is 10.4. The zero-order valence-corrected chi connectivity index (χ0v) is 9.12. The first-order valence-corrected chi connectivity index (χ1v) is 5.38. The van der Waals surface area contributed by atoms with Crippen molar-refractivity contribution in [2.24, 2.45) is 0 Å². The summed E-state index contributed by atoms with van der Waals surface area (Å²) in [6.07, 6.45) is 0.697. The average molecular weight is 221 g/mol. The van der Waals surface area contributed by atoms with E-state index in [1.807, 2.05) is 25.1 Å². The molecule has 0 fully saturated rings. The van der Waals surface area contributed by atoms with Crippen molar-refractivity contribution in [1.29, 1.82) is 5.26 Å². The van der Waals surface area contributed by atoms with Crippen LogP contribution in [0.4, 0.5) is 4.79 Å². The van der Waals surface area contributed by atoms with Crippen LogP contribution in [0.1, 0.15) is 18.1 Å². The number of rotatable bonds is 3. The third-order valence-electron chi connectivity index (χ3n) is 1.91. The van der Waals surface area contributed by atoms with Gasteiger partial charge in [-0.1, -0.05) is 19.1 Å². The van der Waals surface area contributed by atoms with Crippen LogP contribution in [-0.4, -0.2) is 15.7 Å². The van der Waals surface area contributed by atoms with Crippen LogP contribution in [0.15, 0.2) is 24.3 Å². The van der Waals surface area contributed by atoms with Crippen molar-refractivity contribution >= 4 is 17.1 Å². The number of carboxylic acid groups (broad SMARTS) is 1. The molecular weight excluding hydrogens is 210 g/mol. The molecule has 1 aromatic carbocycles. The standard InChI is InChI=1S/C11H11NO2S/c1-8(15-11(13)14)6-9-2-4-10(7-12)5-3-9/h2-5,8H,6H2,1H3,(H,13,14)/t8-/m0/s1. The number of benzene rings is 1. The van der Waals surface area contributed by atoms with Gasteiger partial charge >= 0.3 is 5.30 Å². The Morgan fingerprint density at radius 2 is 2.13 bits per heavy atom. The Hall–Kier alpha value is -1.47. The van der Waals surface area contributed by atoms with Gasteiger partial charge in [-0.05, 0) is 35.9 Å². The third-order valence-corrected chi connectivity index (χ3v) is 2.68. The number of hydrogen-bond acceptors (Lipinski definition) is 3. The van der Waals surface area contributed by atoms with Gasteiger partial charge in [-0.3, -0.25) is 0 Å². The minimum Gasteiger partial charge on any atom is -0.473 e. The zero-order valence-electron chi connectivity index (χ0n) is 8.30. The van der Waals surface area contributed by atoms with Crippen LogP contribution in [0.3, 0.4) is 0 Å². The van der Waals surface area contributed by atoms with Crippen molar-refractivity contribution < 1.29 is 9.90 Å². The molecular formula is C11H11NO2S. The van der Waals surface area contributed by atoms with E-state index in [1.165, 1.54) is 0 Å². The van der Waals surface area contributed by atoms with Crippen molar-refractivity contribution in [3.63, 3.8) is 0 Å². The fourth-order valence-electron chi connectivity index (χ4n) is 1.26. The Bertz CT molecular complexity index is 381. The number of carbonyl (C=O) groups is 1. The van der Waals surface area contributed by atoms with E-state index in [2.05, 4.69) is 0 Å². The average Bonchev–Trinajstić information content (AvgIpc) is 2.17. The fraction of sp³-hybridized carbons (Fsp3) is 0.273. The monoisotopic (exact) mass is 221 g/mol. The van der Waals surface area contributed by atoms with Gasteiger partial charge in [-0.2, -0.15) is 5.26 Å². The minimum atomic E-state index is -0.851. The molecule has 0 heterocycles. The lowest BCUT2D eigenvalue weighted by atomic mass is 10.1. The predicted molar refractivity (Wildman–Crippen MR) is 59.9 cm³/mol. The van der Waals surface area contributed by atoms with Gasteiger partial charge in [0, 0.05) is 5.25 Å². The molecule has 0 aliphatic carbocycles. The smallest absolute Gasteiger partial charge is 0.365 e. The van der Waals surface area contributed by atoms with Crippen LogP contribution < -0.4 is 0 Å². The van der Waals surface area contributed by atoms with E-state index in [4.69, 9.17) is 10.4 Å². The first kappa shape index (κ1) is 11.6. The summed E-state index contributed by atoms with van der Waals surface area (Å²) in [5.41, 5.74) is 1.67. The Balaban J connectivity index is 2.58. The van der Waals surface area contributed by atoms with Crippen LogP contribution >= 0.6 is 11.8 Å². The molecule has 78 valence electrons. The second-order valence-electron chi connectivity index (χ2n) is 3.21. The molecule has 1 N–H and O–H groups in total. The van der Waals surface area contributed by atoms with Gasteiger partial charge in [0.2, 0.25) is 0 Å². The molecule has 15 heavy (non-hydrogen) atoms. The lowest BCUT2D eigenvalue weighted by Crippen LogP contribution is -2.04. The van der Waals surface area contributed by atoms with Crippen LogP contribution in [0, 0.1) is 11.3 Å². The van der Waals surface area contributed by atoms with Crippen LogP contribution in [-0.2, 0) is 6.42 Å². The van der Waals surface area contributed by atoms with Crippen molar-refractivity contribution in [3.05, 3.63) is 35.4 Å². The zero-order chi connectivity index (χ0) is 11.3. The molecule has 1 atom stereocenters. The highest BCUT2D eigenvalue weighted by atomic mass is 32.2. The first-order chi connectivity index (χ1) is 7.11. The van der Waals surface area contributed by atoms with Crippen LogP contribution in [0.2, 0.25) is 0 Å². The SMILES string of the molecule is C[C@@H](Cc1ccc(C#N)cc1)SC(=O)O. The van der Waals surface area contributed by atoms with Crippen molar-refractivity contribution in [3.8, 4) is 6.07 Å². The largest absolute Gasteiger partial charge is 0.473 e. The molecule has 1 rings (SSSR count). The van der Waals surface area contributed by atoms with E-state index in [0.717, 1.165) is 17.3 Å². The summed E-state index contributed by atoms with van der Waals surface area (Å²) in [5.74, 6) is 0. The van der Waals surface area contributed by atoms with E-state index in [-0.39, 0.29) is 5.25 Å². The lowest BCUT2D eigenvalue weighted by Gasteiger charge is -2.07. The molecule has 3 nitrogen and oxygen atoms in total. The van der Waals surface area contributed by atoms with Gasteiger partial charge in [0.15, 0.2) is 0 Å². The molecule has 1 aromatic rings. The number of nitriles is 1. The molecule has 0 spiro atoms. The van der Waals surface area contributed by atoms with E-state index in [0.29, 0.717) is 12.0 Å². The molecule has 0 aliphatic rings. The van der Waals surface area contributed by atoms with E-state index in [9.17, 15) is 4.79 Å². The third kappa shape index (κ3) is 4.05. The van der Waals surface area contributed by atoms with E-state index < -0.39 is 5.30 Å². The Morgan fingerprint density at radius 1 is 1.53 bits per heavy atom. The molecule has 0 amide bonds. The molecule has 0 aliphatic heterocycles. The minimum absolute atomic E-state index is 0.0374. The first-order valence-electron chi connectivity index (χ1n) is 4.50. The Labute approximate surface area is 92.7 Å². The van der Waals surface area contributed by atoms with Gasteiger partial charge in [-0.15, -0.1) is 0 Å². The second-order valence-corrected chi connectivity index (χ2v) is 4.60. The van der Waals surface area contributed by atoms with Gasteiger partial charge in [-0.25, -0.2) is 4.79 Å². The summed E-state index contributed by atoms with van der Waals surface area (Å²) in [6.45, 7) is 1.87. The summed E-state index contributed by atoms with van der Waals surface area (Å²) >= 11 is 0.911. The number of thioether (sulfide) groups is 1. The molecule has 0 saturated heterocycles. The highest BCUT2D eigenvalue weighted by Gasteiger charge is 2.08. The van der Waals surface area contributed by atoms with Gasteiger partial charge in [0.25, 0.3) is 0 Å². The maximum absolute atomic E-state index is 10.4. The fourth-order valence-corrected chi connectivity index (χ4v) is 1.88.